The van der Waals surface area contributed by atoms with E-state index in [0.29, 0.717) is 6.61 Å². The third kappa shape index (κ3) is 6.76. The fourth-order valence-corrected chi connectivity index (χ4v) is 2.23. The molecule has 114 valence electrons. The first-order valence-electron chi connectivity index (χ1n) is 7.13. The third-order valence-corrected chi connectivity index (χ3v) is 3.41. The van der Waals surface area contributed by atoms with Crippen molar-refractivity contribution >= 4 is 0 Å². The Balaban J connectivity index is 0.00000220. The summed E-state index contributed by atoms with van der Waals surface area (Å²) >= 11 is 0. The van der Waals surface area contributed by atoms with Gasteiger partial charge >= 0.3 is 0 Å². The highest BCUT2D eigenvalue weighted by Gasteiger charge is 2.15. The third-order valence-electron chi connectivity index (χ3n) is 3.41. The van der Waals surface area contributed by atoms with E-state index in [1.807, 2.05) is 18.2 Å². The Morgan fingerprint density at radius 3 is 1.90 bits per heavy atom. The van der Waals surface area contributed by atoms with Gasteiger partial charge in [-0.25, -0.2) is 0 Å². The summed E-state index contributed by atoms with van der Waals surface area (Å²) in [5, 5.41) is 0. The number of ether oxygens (including phenoxy) is 1. The van der Waals surface area contributed by atoms with E-state index in [4.69, 9.17) is 4.74 Å². The highest BCUT2D eigenvalue weighted by atomic mass is 35.5. The number of nitrogens with zero attached hydrogens (tertiary/aromatic N) is 1. The Labute approximate surface area is 134 Å². The number of hydrogen-bond acceptors (Lipinski definition) is 1. The van der Waals surface area contributed by atoms with Crippen LogP contribution >= 0.6 is 0 Å². The Morgan fingerprint density at radius 1 is 0.810 bits per heavy atom. The molecule has 0 N–H and O–H groups in total. The molecule has 0 heterocycles. The lowest BCUT2D eigenvalue weighted by atomic mass is 10.2. The molecule has 0 bridgehead atoms. The summed E-state index contributed by atoms with van der Waals surface area (Å²) in [5.41, 5.74) is 2.61. The molecule has 0 atom stereocenters. The molecule has 3 heteroatoms. The van der Waals surface area contributed by atoms with Crippen molar-refractivity contribution in [3.05, 3.63) is 71.8 Å². The van der Waals surface area contributed by atoms with Crippen LogP contribution in [0.2, 0.25) is 0 Å². The Bertz CT molecular complexity index is 499. The normalized spacial score (nSPS) is 11.0. The molecule has 2 aromatic rings. The molecule has 0 aliphatic heterocycles. The van der Waals surface area contributed by atoms with Gasteiger partial charge in [0.15, 0.2) is 0 Å². The predicted octanol–water partition coefficient (Wildman–Crippen LogP) is 0.484. The topological polar surface area (TPSA) is 9.23 Å². The van der Waals surface area contributed by atoms with Gasteiger partial charge in [-0.2, -0.15) is 0 Å². The van der Waals surface area contributed by atoms with E-state index in [0.717, 1.165) is 24.2 Å². The van der Waals surface area contributed by atoms with Crippen LogP contribution in [0.3, 0.4) is 0 Å². The standard InChI is InChI=1S/C18H24NO.ClH/c1-19(2,15-17-9-5-3-6-10-17)13-14-20-16-18-11-7-4-8-12-18;/h3-12H,13-16H2,1-2H3;1H/q+1;/p-1. The molecular formula is C18H24ClNO. The van der Waals surface area contributed by atoms with Crippen molar-refractivity contribution < 1.29 is 21.6 Å². The van der Waals surface area contributed by atoms with Crippen LogP contribution in [0.15, 0.2) is 60.7 Å². The van der Waals surface area contributed by atoms with Gasteiger partial charge in [-0.05, 0) is 5.56 Å². The van der Waals surface area contributed by atoms with Crippen LogP contribution in [0.4, 0.5) is 0 Å². The van der Waals surface area contributed by atoms with E-state index in [1.54, 1.807) is 0 Å². The molecule has 0 amide bonds. The maximum Gasteiger partial charge on any atom is 0.104 e. The summed E-state index contributed by atoms with van der Waals surface area (Å²) in [6.07, 6.45) is 0. The lowest BCUT2D eigenvalue weighted by molar-refractivity contribution is -0.904. The van der Waals surface area contributed by atoms with Gasteiger partial charge in [-0.15, -0.1) is 0 Å². The van der Waals surface area contributed by atoms with Crippen LogP contribution in [-0.4, -0.2) is 31.7 Å². The quantitative estimate of drug-likeness (QED) is 0.534. The number of rotatable bonds is 7. The van der Waals surface area contributed by atoms with Gasteiger partial charge in [0.25, 0.3) is 0 Å². The van der Waals surface area contributed by atoms with Gasteiger partial charge < -0.3 is 21.6 Å². The summed E-state index contributed by atoms with van der Waals surface area (Å²) in [5.74, 6) is 0. The summed E-state index contributed by atoms with van der Waals surface area (Å²) in [7, 11) is 4.50. The second-order valence-corrected chi connectivity index (χ2v) is 5.84. The average molecular weight is 306 g/mol. The molecule has 0 aliphatic rings. The molecular weight excluding hydrogens is 282 g/mol. The zero-order valence-corrected chi connectivity index (χ0v) is 13.6. The summed E-state index contributed by atoms with van der Waals surface area (Å²) in [6, 6.07) is 21.0. The van der Waals surface area contributed by atoms with Crippen molar-refractivity contribution in [3.63, 3.8) is 0 Å². The SMILES string of the molecule is C[N+](C)(CCOCc1ccccc1)Cc1ccccc1.[Cl-]. The van der Waals surface area contributed by atoms with Gasteiger partial charge in [0.1, 0.15) is 13.1 Å². The number of quaternary nitrogens is 1. The minimum absolute atomic E-state index is 0. The smallest absolute Gasteiger partial charge is 0.104 e. The molecule has 0 aromatic heterocycles. The van der Waals surface area contributed by atoms with E-state index < -0.39 is 0 Å². The lowest BCUT2D eigenvalue weighted by Crippen LogP contribution is -3.00. The molecule has 2 nitrogen and oxygen atoms in total. The lowest BCUT2D eigenvalue weighted by Gasteiger charge is -2.29. The Kier molecular flexibility index (Phi) is 7.44. The maximum absolute atomic E-state index is 5.78. The second-order valence-electron chi connectivity index (χ2n) is 5.84. The second kappa shape index (κ2) is 8.83. The van der Waals surface area contributed by atoms with Gasteiger partial charge in [0.2, 0.25) is 0 Å². The minimum atomic E-state index is 0. The summed E-state index contributed by atoms with van der Waals surface area (Å²) in [4.78, 5) is 0. The molecule has 0 aliphatic carbocycles. The minimum Gasteiger partial charge on any atom is -1.00 e. The van der Waals surface area contributed by atoms with E-state index in [9.17, 15) is 0 Å². The van der Waals surface area contributed by atoms with Crippen LogP contribution in [0.1, 0.15) is 11.1 Å². The van der Waals surface area contributed by atoms with E-state index in [1.165, 1.54) is 11.1 Å². The van der Waals surface area contributed by atoms with Gasteiger partial charge in [-0.1, -0.05) is 60.7 Å². The maximum atomic E-state index is 5.78. The zero-order chi connectivity index (χ0) is 14.3. The first-order valence-corrected chi connectivity index (χ1v) is 7.13. The van der Waals surface area contributed by atoms with E-state index >= 15 is 0 Å². The first kappa shape index (κ1) is 17.7. The Morgan fingerprint density at radius 2 is 1.33 bits per heavy atom. The highest BCUT2D eigenvalue weighted by Crippen LogP contribution is 2.09. The number of likely N-dealkylation sites (N-methyl/N-ethyl adjacent to an activating group) is 1. The van der Waals surface area contributed by atoms with Crippen molar-refractivity contribution in [1.29, 1.82) is 0 Å². The zero-order valence-electron chi connectivity index (χ0n) is 12.8. The predicted molar refractivity (Wildman–Crippen MR) is 83.2 cm³/mol. The van der Waals surface area contributed by atoms with Crippen LogP contribution in [0.25, 0.3) is 0 Å². The van der Waals surface area contributed by atoms with E-state index in [-0.39, 0.29) is 12.4 Å². The number of halogens is 1. The van der Waals surface area contributed by atoms with Crippen LogP contribution < -0.4 is 12.4 Å². The fourth-order valence-electron chi connectivity index (χ4n) is 2.23. The highest BCUT2D eigenvalue weighted by molar-refractivity contribution is 5.14. The molecule has 2 aromatic carbocycles. The average Bonchev–Trinajstić information content (AvgIpc) is 2.45. The van der Waals surface area contributed by atoms with Crippen molar-refractivity contribution in [1.82, 2.24) is 0 Å². The molecule has 0 fully saturated rings. The fraction of sp³-hybridized carbons (Fsp3) is 0.333. The van der Waals surface area contributed by atoms with Crippen LogP contribution in [0, 0.1) is 0 Å². The number of benzene rings is 2. The van der Waals surface area contributed by atoms with Crippen molar-refractivity contribution in [3.8, 4) is 0 Å². The van der Waals surface area contributed by atoms with Gasteiger partial charge in [0.05, 0.1) is 27.3 Å². The molecule has 2 rings (SSSR count). The van der Waals surface area contributed by atoms with Crippen molar-refractivity contribution in [2.75, 3.05) is 27.2 Å². The summed E-state index contributed by atoms with van der Waals surface area (Å²) in [6.45, 7) is 3.54. The van der Waals surface area contributed by atoms with Crippen LogP contribution in [-0.2, 0) is 17.9 Å². The van der Waals surface area contributed by atoms with Crippen LogP contribution in [0.5, 0.6) is 0 Å². The van der Waals surface area contributed by atoms with E-state index in [2.05, 4.69) is 56.6 Å². The monoisotopic (exact) mass is 305 g/mol. The first-order chi connectivity index (χ1) is 9.66. The summed E-state index contributed by atoms with van der Waals surface area (Å²) < 4.78 is 6.72. The molecule has 0 saturated carbocycles. The van der Waals surface area contributed by atoms with Crippen molar-refractivity contribution in [2.24, 2.45) is 0 Å². The van der Waals surface area contributed by atoms with Crippen molar-refractivity contribution in [2.45, 2.75) is 13.2 Å². The largest absolute Gasteiger partial charge is 1.00 e. The molecule has 0 unspecified atom stereocenters. The Hall–Kier alpha value is -1.35. The molecule has 0 saturated heterocycles. The van der Waals surface area contributed by atoms with Gasteiger partial charge in [0, 0.05) is 5.56 Å². The molecule has 21 heavy (non-hydrogen) atoms. The molecule has 0 spiro atoms. The van der Waals surface area contributed by atoms with Gasteiger partial charge in [-0.3, -0.25) is 0 Å². The number of hydrogen-bond donors (Lipinski definition) is 0. The molecule has 0 radical (unpaired) electrons.